The number of aliphatic hydroxyl groups excluding tert-OH is 1. The van der Waals surface area contributed by atoms with Crippen molar-refractivity contribution in [1.82, 2.24) is 4.47 Å². The molecule has 1 N–H and O–H groups in total. The summed E-state index contributed by atoms with van der Waals surface area (Å²) < 4.78 is 25.2. The molecule has 0 aliphatic carbocycles. The van der Waals surface area contributed by atoms with Gasteiger partial charge in [0.2, 0.25) is 0 Å². The number of benzene rings is 1. The number of aryl methyl sites for hydroxylation is 2. The predicted molar refractivity (Wildman–Crippen MR) is 61.8 cm³/mol. The van der Waals surface area contributed by atoms with Crippen LogP contribution in [0.3, 0.4) is 0 Å². The molecular weight excluding hydrogens is 242 g/mol. The SMILES string of the molecule is Cc1cc(C)cc(S(=O)(=O)N2CC(O)CO2)c1. The maximum Gasteiger partial charge on any atom is 0.265 e. The van der Waals surface area contributed by atoms with Gasteiger partial charge >= 0.3 is 0 Å². The van der Waals surface area contributed by atoms with Gasteiger partial charge in [0.05, 0.1) is 24.2 Å². The van der Waals surface area contributed by atoms with Crippen LogP contribution >= 0.6 is 0 Å². The Labute approximate surface area is 101 Å². The molecule has 1 unspecified atom stereocenters. The molecule has 1 saturated heterocycles. The first-order valence-corrected chi connectivity index (χ1v) is 6.75. The number of hydroxylamine groups is 1. The maximum atomic E-state index is 12.2. The van der Waals surface area contributed by atoms with E-state index in [2.05, 4.69) is 0 Å². The average Bonchev–Trinajstić information content (AvgIpc) is 2.64. The first-order chi connectivity index (χ1) is 7.89. The third kappa shape index (κ3) is 2.50. The van der Waals surface area contributed by atoms with E-state index in [1.165, 1.54) is 0 Å². The van der Waals surface area contributed by atoms with Gasteiger partial charge in [-0.1, -0.05) is 10.5 Å². The van der Waals surface area contributed by atoms with E-state index in [4.69, 9.17) is 4.84 Å². The number of β-amino-alcohol motifs (C(OH)–C–C–N with tert-alkyl or cyclic N) is 1. The molecule has 0 amide bonds. The molecule has 1 aromatic rings. The first kappa shape index (κ1) is 12.5. The lowest BCUT2D eigenvalue weighted by Gasteiger charge is -2.15. The highest BCUT2D eigenvalue weighted by atomic mass is 32.2. The van der Waals surface area contributed by atoms with E-state index < -0.39 is 16.1 Å². The lowest BCUT2D eigenvalue weighted by Crippen LogP contribution is -2.28. The molecule has 1 aliphatic rings. The Bertz CT molecular complexity index is 506. The molecule has 1 aliphatic heterocycles. The van der Waals surface area contributed by atoms with Crippen molar-refractivity contribution in [3.8, 4) is 0 Å². The molecule has 1 aromatic carbocycles. The smallest absolute Gasteiger partial charge is 0.265 e. The number of rotatable bonds is 2. The third-order valence-corrected chi connectivity index (χ3v) is 4.15. The molecular formula is C11H15NO4S. The average molecular weight is 257 g/mol. The molecule has 0 spiro atoms. The van der Waals surface area contributed by atoms with Gasteiger partial charge in [0.15, 0.2) is 0 Å². The summed E-state index contributed by atoms with van der Waals surface area (Å²) in [4.78, 5) is 5.16. The molecule has 0 saturated carbocycles. The van der Waals surface area contributed by atoms with E-state index in [1.54, 1.807) is 12.1 Å². The van der Waals surface area contributed by atoms with Crippen LogP contribution in [0.4, 0.5) is 0 Å². The monoisotopic (exact) mass is 257 g/mol. The molecule has 94 valence electrons. The summed E-state index contributed by atoms with van der Waals surface area (Å²) in [5, 5.41) is 9.29. The van der Waals surface area contributed by atoms with Crippen molar-refractivity contribution in [3.05, 3.63) is 29.3 Å². The van der Waals surface area contributed by atoms with Crippen molar-refractivity contribution < 1.29 is 18.4 Å². The van der Waals surface area contributed by atoms with Gasteiger partial charge < -0.3 is 5.11 Å². The van der Waals surface area contributed by atoms with Crippen molar-refractivity contribution in [1.29, 1.82) is 0 Å². The summed E-state index contributed by atoms with van der Waals surface area (Å²) in [5.74, 6) is 0. The first-order valence-electron chi connectivity index (χ1n) is 5.31. The van der Waals surface area contributed by atoms with E-state index in [9.17, 15) is 13.5 Å². The molecule has 0 radical (unpaired) electrons. The van der Waals surface area contributed by atoms with Crippen molar-refractivity contribution in [2.75, 3.05) is 13.2 Å². The lowest BCUT2D eigenvalue weighted by atomic mass is 10.2. The number of nitrogens with zero attached hydrogens (tertiary/aromatic N) is 1. The fourth-order valence-electron chi connectivity index (χ4n) is 1.81. The second kappa shape index (κ2) is 4.38. The summed E-state index contributed by atoms with van der Waals surface area (Å²) in [6.45, 7) is 3.68. The van der Waals surface area contributed by atoms with Crippen LogP contribution in [0.15, 0.2) is 23.1 Å². The highest BCUT2D eigenvalue weighted by molar-refractivity contribution is 7.89. The zero-order valence-electron chi connectivity index (χ0n) is 9.75. The number of sulfonamides is 1. The van der Waals surface area contributed by atoms with Crippen molar-refractivity contribution >= 4 is 10.0 Å². The minimum atomic E-state index is -3.67. The predicted octanol–water partition coefficient (Wildman–Crippen LogP) is 0.600. The number of hydrogen-bond donors (Lipinski definition) is 1. The standard InChI is InChI=1S/C11H15NO4S/c1-8-3-9(2)5-11(4-8)17(14,15)12-6-10(13)7-16-12/h3-5,10,13H,6-7H2,1-2H3. The van der Waals surface area contributed by atoms with Gasteiger partial charge in [0, 0.05) is 0 Å². The van der Waals surface area contributed by atoms with Gasteiger partial charge in [-0.25, -0.2) is 8.42 Å². The molecule has 1 heterocycles. The van der Waals surface area contributed by atoms with Crippen LogP contribution in [0, 0.1) is 13.8 Å². The molecule has 5 nitrogen and oxygen atoms in total. The van der Waals surface area contributed by atoms with Gasteiger partial charge in [-0.05, 0) is 37.1 Å². The Hall–Kier alpha value is -0.950. The fraction of sp³-hybridized carbons (Fsp3) is 0.455. The third-order valence-electron chi connectivity index (χ3n) is 2.53. The van der Waals surface area contributed by atoms with Gasteiger partial charge in [0.1, 0.15) is 0 Å². The van der Waals surface area contributed by atoms with E-state index in [-0.39, 0.29) is 18.0 Å². The van der Waals surface area contributed by atoms with Crippen LogP contribution in [0.5, 0.6) is 0 Å². The van der Waals surface area contributed by atoms with E-state index in [0.717, 1.165) is 15.6 Å². The normalized spacial score (nSPS) is 21.9. The largest absolute Gasteiger partial charge is 0.389 e. The molecule has 0 bridgehead atoms. The van der Waals surface area contributed by atoms with Gasteiger partial charge in [-0.2, -0.15) is 0 Å². The Kier molecular flexibility index (Phi) is 3.22. The quantitative estimate of drug-likeness (QED) is 0.842. The topological polar surface area (TPSA) is 66.8 Å². The molecule has 1 fully saturated rings. The van der Waals surface area contributed by atoms with Crippen molar-refractivity contribution in [2.45, 2.75) is 24.8 Å². The number of aliphatic hydroxyl groups is 1. The fourth-order valence-corrected chi connectivity index (χ4v) is 3.29. The minimum Gasteiger partial charge on any atom is -0.389 e. The van der Waals surface area contributed by atoms with Crippen LogP contribution < -0.4 is 0 Å². The van der Waals surface area contributed by atoms with Crippen LogP contribution in [-0.2, 0) is 14.9 Å². The minimum absolute atomic E-state index is 0.0179. The van der Waals surface area contributed by atoms with Crippen molar-refractivity contribution in [2.24, 2.45) is 0 Å². The molecule has 17 heavy (non-hydrogen) atoms. The lowest BCUT2D eigenvalue weighted by molar-refractivity contribution is -0.0316. The van der Waals surface area contributed by atoms with Gasteiger partial charge in [-0.3, -0.25) is 4.84 Å². The van der Waals surface area contributed by atoms with E-state index in [0.29, 0.717) is 0 Å². The second-order valence-electron chi connectivity index (χ2n) is 4.26. The highest BCUT2D eigenvalue weighted by Crippen LogP contribution is 2.22. The van der Waals surface area contributed by atoms with Crippen molar-refractivity contribution in [3.63, 3.8) is 0 Å². The summed E-state index contributed by atoms with van der Waals surface area (Å²) in [6.07, 6.45) is -0.754. The van der Waals surface area contributed by atoms with Crippen LogP contribution in [0.2, 0.25) is 0 Å². The Morgan fingerprint density at radius 1 is 1.29 bits per heavy atom. The molecule has 0 aromatic heterocycles. The van der Waals surface area contributed by atoms with Crippen LogP contribution in [0.1, 0.15) is 11.1 Å². The van der Waals surface area contributed by atoms with Crippen LogP contribution in [0.25, 0.3) is 0 Å². The maximum absolute atomic E-state index is 12.2. The Balaban J connectivity index is 2.38. The summed E-state index contributed by atoms with van der Waals surface area (Å²) >= 11 is 0. The Morgan fingerprint density at radius 2 is 1.88 bits per heavy atom. The van der Waals surface area contributed by atoms with Crippen LogP contribution in [-0.4, -0.2) is 37.2 Å². The summed E-state index contributed by atoms with van der Waals surface area (Å²) in [5.41, 5.74) is 1.76. The zero-order valence-corrected chi connectivity index (χ0v) is 10.6. The summed E-state index contributed by atoms with van der Waals surface area (Å²) in [7, 11) is -3.67. The molecule has 1 atom stereocenters. The van der Waals surface area contributed by atoms with E-state index >= 15 is 0 Å². The second-order valence-corrected chi connectivity index (χ2v) is 6.09. The van der Waals surface area contributed by atoms with E-state index in [1.807, 2.05) is 19.9 Å². The summed E-state index contributed by atoms with van der Waals surface area (Å²) in [6, 6.07) is 5.09. The zero-order chi connectivity index (χ0) is 12.6. The molecule has 6 heteroatoms. The molecule has 2 rings (SSSR count). The van der Waals surface area contributed by atoms with Gasteiger partial charge in [-0.15, -0.1) is 0 Å². The number of hydrogen-bond acceptors (Lipinski definition) is 4. The van der Waals surface area contributed by atoms with Gasteiger partial charge in [0.25, 0.3) is 10.0 Å². The highest BCUT2D eigenvalue weighted by Gasteiger charge is 2.33. The Morgan fingerprint density at radius 3 is 2.35 bits per heavy atom.